The highest BCUT2D eigenvalue weighted by Crippen LogP contribution is 2.24. The molecule has 2 rings (SSSR count). The number of ether oxygens (including phenoxy) is 1. The standard InChI is InChI=1S/C10H15BrN4O/c1-12-7-3-4-15(6-7)10-13-5-8(11)9(14-10)16-2/h5,7,12H,3-4,6H2,1-2H3. The van der Waals surface area contributed by atoms with Crippen molar-refractivity contribution < 1.29 is 4.74 Å². The Morgan fingerprint density at radius 1 is 1.62 bits per heavy atom. The van der Waals surface area contributed by atoms with Gasteiger partial charge >= 0.3 is 0 Å². The van der Waals surface area contributed by atoms with Crippen LogP contribution in [0.4, 0.5) is 5.95 Å². The molecule has 0 radical (unpaired) electrons. The maximum Gasteiger partial charge on any atom is 0.232 e. The summed E-state index contributed by atoms with van der Waals surface area (Å²) >= 11 is 3.34. The molecule has 0 aliphatic carbocycles. The summed E-state index contributed by atoms with van der Waals surface area (Å²) in [6.07, 6.45) is 2.85. The summed E-state index contributed by atoms with van der Waals surface area (Å²) in [5.74, 6) is 1.32. The number of methoxy groups -OCH3 is 1. The third-order valence-corrected chi connectivity index (χ3v) is 3.32. The van der Waals surface area contributed by atoms with Crippen molar-refractivity contribution in [1.82, 2.24) is 15.3 Å². The van der Waals surface area contributed by atoms with Gasteiger partial charge in [-0.2, -0.15) is 4.98 Å². The highest BCUT2D eigenvalue weighted by atomic mass is 79.9. The number of nitrogens with zero attached hydrogens (tertiary/aromatic N) is 3. The van der Waals surface area contributed by atoms with Crippen LogP contribution in [0.3, 0.4) is 0 Å². The summed E-state index contributed by atoms with van der Waals surface area (Å²) in [5, 5.41) is 3.27. The van der Waals surface area contributed by atoms with Crippen molar-refractivity contribution in [2.24, 2.45) is 0 Å². The normalized spacial score (nSPS) is 20.2. The van der Waals surface area contributed by atoms with Gasteiger partial charge in [0, 0.05) is 19.1 Å². The smallest absolute Gasteiger partial charge is 0.232 e. The zero-order chi connectivity index (χ0) is 11.5. The highest BCUT2D eigenvalue weighted by Gasteiger charge is 2.23. The van der Waals surface area contributed by atoms with E-state index in [9.17, 15) is 0 Å². The van der Waals surface area contributed by atoms with E-state index in [1.165, 1.54) is 0 Å². The second kappa shape index (κ2) is 4.97. The maximum atomic E-state index is 5.16. The van der Waals surface area contributed by atoms with Crippen molar-refractivity contribution in [1.29, 1.82) is 0 Å². The minimum Gasteiger partial charge on any atom is -0.480 e. The molecule has 1 saturated heterocycles. The Bertz CT molecular complexity index is 374. The van der Waals surface area contributed by atoms with Crippen LogP contribution in [0, 0.1) is 0 Å². The molecule has 1 N–H and O–H groups in total. The highest BCUT2D eigenvalue weighted by molar-refractivity contribution is 9.10. The number of anilines is 1. The van der Waals surface area contributed by atoms with Gasteiger partial charge in [0.05, 0.1) is 17.8 Å². The van der Waals surface area contributed by atoms with E-state index in [4.69, 9.17) is 4.74 Å². The number of halogens is 1. The van der Waals surface area contributed by atoms with Crippen LogP contribution in [-0.2, 0) is 0 Å². The number of nitrogens with one attached hydrogen (secondary N) is 1. The number of hydrogen-bond donors (Lipinski definition) is 1. The van der Waals surface area contributed by atoms with Gasteiger partial charge in [-0.3, -0.25) is 0 Å². The molecule has 0 saturated carbocycles. The Morgan fingerprint density at radius 3 is 3.06 bits per heavy atom. The predicted octanol–water partition coefficient (Wildman–Crippen LogP) is 1.05. The molecule has 16 heavy (non-hydrogen) atoms. The third kappa shape index (κ3) is 2.27. The second-order valence-corrected chi connectivity index (χ2v) is 4.60. The van der Waals surface area contributed by atoms with Gasteiger partial charge in [0.25, 0.3) is 0 Å². The van der Waals surface area contributed by atoms with Crippen LogP contribution in [-0.4, -0.2) is 43.3 Å². The number of likely N-dealkylation sites (N-methyl/N-ethyl adjacent to an activating group) is 1. The van der Waals surface area contributed by atoms with Gasteiger partial charge in [-0.1, -0.05) is 0 Å². The van der Waals surface area contributed by atoms with E-state index in [0.29, 0.717) is 11.9 Å². The van der Waals surface area contributed by atoms with E-state index in [2.05, 4.69) is 36.1 Å². The molecule has 1 aliphatic heterocycles. The third-order valence-electron chi connectivity index (χ3n) is 2.77. The average molecular weight is 287 g/mol. The Balaban J connectivity index is 2.15. The van der Waals surface area contributed by atoms with Crippen molar-refractivity contribution in [3.8, 4) is 5.88 Å². The van der Waals surface area contributed by atoms with Gasteiger partial charge in [0.1, 0.15) is 0 Å². The Labute approximate surface area is 103 Å². The lowest BCUT2D eigenvalue weighted by Gasteiger charge is -2.16. The van der Waals surface area contributed by atoms with Crippen LogP contribution in [0.1, 0.15) is 6.42 Å². The molecule has 1 unspecified atom stereocenters. The van der Waals surface area contributed by atoms with Gasteiger partial charge in [0.15, 0.2) is 0 Å². The molecule has 0 aromatic carbocycles. The topological polar surface area (TPSA) is 50.3 Å². The molecule has 1 fully saturated rings. The van der Waals surface area contributed by atoms with Crippen LogP contribution in [0.5, 0.6) is 5.88 Å². The van der Waals surface area contributed by atoms with Crippen LogP contribution in [0.25, 0.3) is 0 Å². The van der Waals surface area contributed by atoms with Crippen LogP contribution >= 0.6 is 15.9 Å². The monoisotopic (exact) mass is 286 g/mol. The van der Waals surface area contributed by atoms with Crippen molar-refractivity contribution in [3.05, 3.63) is 10.7 Å². The Kier molecular flexibility index (Phi) is 3.60. The molecular formula is C10H15BrN4O. The number of hydrogen-bond acceptors (Lipinski definition) is 5. The van der Waals surface area contributed by atoms with Crippen LogP contribution < -0.4 is 15.0 Å². The minimum atomic E-state index is 0.526. The first-order valence-corrected chi connectivity index (χ1v) is 6.02. The molecule has 1 aromatic heterocycles. The van der Waals surface area contributed by atoms with Crippen LogP contribution in [0.15, 0.2) is 10.7 Å². The largest absolute Gasteiger partial charge is 0.480 e. The first-order chi connectivity index (χ1) is 7.74. The molecule has 5 nitrogen and oxygen atoms in total. The molecule has 1 aliphatic rings. The zero-order valence-corrected chi connectivity index (χ0v) is 11.0. The van der Waals surface area contributed by atoms with E-state index in [-0.39, 0.29) is 0 Å². The molecule has 0 bridgehead atoms. The van der Waals surface area contributed by atoms with Gasteiger partial charge in [0.2, 0.25) is 11.8 Å². The molecule has 1 atom stereocenters. The van der Waals surface area contributed by atoms with Gasteiger partial charge in [-0.05, 0) is 29.4 Å². The van der Waals surface area contributed by atoms with Crippen LogP contribution in [0.2, 0.25) is 0 Å². The fourth-order valence-corrected chi connectivity index (χ4v) is 2.17. The number of rotatable bonds is 3. The molecule has 0 spiro atoms. The molecule has 6 heteroatoms. The maximum absolute atomic E-state index is 5.16. The van der Waals surface area contributed by atoms with Gasteiger partial charge in [-0.15, -0.1) is 0 Å². The lowest BCUT2D eigenvalue weighted by Crippen LogP contribution is -2.30. The van der Waals surface area contributed by atoms with Gasteiger partial charge < -0.3 is 15.0 Å². The van der Waals surface area contributed by atoms with E-state index >= 15 is 0 Å². The minimum absolute atomic E-state index is 0.526. The van der Waals surface area contributed by atoms with Crippen molar-refractivity contribution >= 4 is 21.9 Å². The summed E-state index contributed by atoms with van der Waals surface area (Å²) < 4.78 is 5.94. The van der Waals surface area contributed by atoms with Gasteiger partial charge in [-0.25, -0.2) is 4.98 Å². The van der Waals surface area contributed by atoms with E-state index < -0.39 is 0 Å². The van der Waals surface area contributed by atoms with E-state index in [1.807, 2.05) is 7.05 Å². The summed E-state index contributed by atoms with van der Waals surface area (Å²) in [6, 6.07) is 0.526. The first kappa shape index (κ1) is 11.6. The van der Waals surface area contributed by atoms with E-state index in [0.717, 1.165) is 29.9 Å². The van der Waals surface area contributed by atoms with Crippen molar-refractivity contribution in [2.75, 3.05) is 32.1 Å². The lowest BCUT2D eigenvalue weighted by atomic mass is 10.3. The lowest BCUT2D eigenvalue weighted by molar-refractivity contribution is 0.394. The fourth-order valence-electron chi connectivity index (χ4n) is 1.82. The molecule has 1 aromatic rings. The molecule has 0 amide bonds. The van der Waals surface area contributed by atoms with Crippen molar-refractivity contribution in [3.63, 3.8) is 0 Å². The first-order valence-electron chi connectivity index (χ1n) is 5.23. The molecule has 88 valence electrons. The number of aromatic nitrogens is 2. The van der Waals surface area contributed by atoms with E-state index in [1.54, 1.807) is 13.3 Å². The zero-order valence-electron chi connectivity index (χ0n) is 9.40. The average Bonchev–Trinajstić information content (AvgIpc) is 2.78. The predicted molar refractivity (Wildman–Crippen MR) is 66.0 cm³/mol. The summed E-state index contributed by atoms with van der Waals surface area (Å²) in [4.78, 5) is 10.8. The molecule has 2 heterocycles. The summed E-state index contributed by atoms with van der Waals surface area (Å²) in [7, 11) is 3.59. The summed E-state index contributed by atoms with van der Waals surface area (Å²) in [5.41, 5.74) is 0. The van der Waals surface area contributed by atoms with Crippen molar-refractivity contribution in [2.45, 2.75) is 12.5 Å². The SMILES string of the molecule is CNC1CCN(c2ncc(Br)c(OC)n2)C1. The summed E-state index contributed by atoms with van der Waals surface area (Å²) in [6.45, 7) is 1.93. The Morgan fingerprint density at radius 2 is 2.44 bits per heavy atom. The Hall–Kier alpha value is -0.880. The molecular weight excluding hydrogens is 272 g/mol. The fraction of sp³-hybridized carbons (Fsp3) is 0.600. The quantitative estimate of drug-likeness (QED) is 0.900. The second-order valence-electron chi connectivity index (χ2n) is 3.75.